The van der Waals surface area contributed by atoms with Crippen LogP contribution in [0.2, 0.25) is 0 Å². The number of anilines is 2. The van der Waals surface area contributed by atoms with Gasteiger partial charge < -0.3 is 16.0 Å². The van der Waals surface area contributed by atoms with E-state index in [2.05, 4.69) is 16.0 Å². The minimum Gasteiger partial charge on any atom is -0.326 e. The molecule has 1 unspecified atom stereocenters. The highest BCUT2D eigenvalue weighted by molar-refractivity contribution is 5.96. The van der Waals surface area contributed by atoms with E-state index in [0.29, 0.717) is 6.42 Å². The number of nitrogens with one attached hydrogen (secondary N) is 3. The molecule has 5 nitrogen and oxygen atoms in total. The van der Waals surface area contributed by atoms with E-state index in [1.165, 1.54) is 0 Å². The van der Waals surface area contributed by atoms with Gasteiger partial charge in [-0.3, -0.25) is 9.59 Å². The molecule has 0 spiro atoms. The number of fused-ring (bicyclic) bond motifs is 1. The normalized spacial score (nSPS) is 20.9. The van der Waals surface area contributed by atoms with Gasteiger partial charge in [-0.25, -0.2) is 0 Å². The standard InChI is InChI=1S/C16H21N3O2.ClH/c20-15-6-3-4-11-10-12(7-8-13(11)19-15)18-16(21)14-5-1-2-9-17-14;/h7-8,10,14,17H,1-6,9H2,(H,18,21)(H,19,20);1H. The fourth-order valence-corrected chi connectivity index (χ4v) is 2.96. The molecule has 1 saturated heterocycles. The van der Waals surface area contributed by atoms with Crippen molar-refractivity contribution in [3.05, 3.63) is 23.8 Å². The van der Waals surface area contributed by atoms with E-state index in [1.807, 2.05) is 18.2 Å². The zero-order chi connectivity index (χ0) is 14.7. The molecule has 0 bridgehead atoms. The predicted octanol–water partition coefficient (Wildman–Crippen LogP) is 2.46. The first-order chi connectivity index (χ1) is 10.2. The minimum atomic E-state index is -0.0859. The molecule has 0 aliphatic carbocycles. The molecule has 1 fully saturated rings. The average Bonchev–Trinajstić information content (AvgIpc) is 2.68. The molecule has 2 heterocycles. The Bertz CT molecular complexity index is 556. The molecule has 0 aromatic heterocycles. The second-order valence-corrected chi connectivity index (χ2v) is 5.77. The fraction of sp³-hybridized carbons (Fsp3) is 0.500. The molecule has 0 radical (unpaired) electrons. The van der Waals surface area contributed by atoms with Gasteiger partial charge in [0.2, 0.25) is 11.8 Å². The molecule has 2 aliphatic rings. The maximum absolute atomic E-state index is 12.2. The summed E-state index contributed by atoms with van der Waals surface area (Å²) in [6.45, 7) is 0.911. The summed E-state index contributed by atoms with van der Waals surface area (Å²) in [6, 6.07) is 5.62. The minimum absolute atomic E-state index is 0. The molecule has 3 N–H and O–H groups in total. The molecular weight excluding hydrogens is 302 g/mol. The lowest BCUT2D eigenvalue weighted by molar-refractivity contribution is -0.118. The summed E-state index contributed by atoms with van der Waals surface area (Å²) in [7, 11) is 0. The molecule has 2 aliphatic heterocycles. The van der Waals surface area contributed by atoms with Crippen LogP contribution in [-0.2, 0) is 16.0 Å². The maximum atomic E-state index is 12.2. The number of piperidine rings is 1. The molecule has 6 heteroatoms. The molecule has 120 valence electrons. The van der Waals surface area contributed by atoms with Crippen molar-refractivity contribution in [2.45, 2.75) is 44.6 Å². The van der Waals surface area contributed by atoms with Crippen LogP contribution in [0.15, 0.2) is 18.2 Å². The molecule has 1 aromatic carbocycles. The Morgan fingerprint density at radius 3 is 2.82 bits per heavy atom. The van der Waals surface area contributed by atoms with Crippen LogP contribution in [0.4, 0.5) is 11.4 Å². The molecule has 1 aromatic rings. The lowest BCUT2D eigenvalue weighted by atomic mass is 10.0. The van der Waals surface area contributed by atoms with Gasteiger partial charge in [-0.2, -0.15) is 0 Å². The molecule has 1 atom stereocenters. The van der Waals surface area contributed by atoms with Crippen LogP contribution in [0.5, 0.6) is 0 Å². The monoisotopic (exact) mass is 323 g/mol. The van der Waals surface area contributed by atoms with Crippen LogP contribution in [-0.4, -0.2) is 24.4 Å². The van der Waals surface area contributed by atoms with Crippen LogP contribution in [0.3, 0.4) is 0 Å². The van der Waals surface area contributed by atoms with Gasteiger partial charge in [0.1, 0.15) is 0 Å². The number of amides is 2. The maximum Gasteiger partial charge on any atom is 0.241 e. The summed E-state index contributed by atoms with van der Waals surface area (Å²) < 4.78 is 0. The highest BCUT2D eigenvalue weighted by Crippen LogP contribution is 2.25. The number of hydrogen-bond donors (Lipinski definition) is 3. The van der Waals surface area contributed by atoms with Crippen molar-refractivity contribution in [2.24, 2.45) is 0 Å². The Labute approximate surface area is 136 Å². The van der Waals surface area contributed by atoms with Crippen LogP contribution >= 0.6 is 12.4 Å². The Morgan fingerprint density at radius 2 is 2.05 bits per heavy atom. The number of carbonyl (C=O) groups is 2. The highest BCUT2D eigenvalue weighted by Gasteiger charge is 2.21. The summed E-state index contributed by atoms with van der Waals surface area (Å²) in [5.74, 6) is 0.101. The van der Waals surface area contributed by atoms with Gasteiger partial charge in [0, 0.05) is 17.8 Å². The van der Waals surface area contributed by atoms with Crippen molar-refractivity contribution in [1.82, 2.24) is 5.32 Å². The van der Waals surface area contributed by atoms with Crippen molar-refractivity contribution < 1.29 is 9.59 Å². The van der Waals surface area contributed by atoms with Crippen molar-refractivity contribution in [1.29, 1.82) is 0 Å². The van der Waals surface area contributed by atoms with E-state index >= 15 is 0 Å². The first kappa shape index (κ1) is 16.8. The van der Waals surface area contributed by atoms with Gasteiger partial charge in [0.25, 0.3) is 0 Å². The third-order valence-electron chi connectivity index (χ3n) is 4.12. The van der Waals surface area contributed by atoms with Crippen LogP contribution in [0, 0.1) is 0 Å². The summed E-state index contributed by atoms with van der Waals surface area (Å²) in [5, 5.41) is 9.13. The Balaban J connectivity index is 0.00000176. The molecule has 22 heavy (non-hydrogen) atoms. The third kappa shape index (κ3) is 3.99. The van der Waals surface area contributed by atoms with Gasteiger partial charge >= 0.3 is 0 Å². The zero-order valence-corrected chi connectivity index (χ0v) is 13.3. The number of carbonyl (C=O) groups excluding carboxylic acids is 2. The van der Waals surface area contributed by atoms with E-state index in [1.54, 1.807) is 0 Å². The van der Waals surface area contributed by atoms with E-state index in [4.69, 9.17) is 0 Å². The largest absolute Gasteiger partial charge is 0.326 e. The van der Waals surface area contributed by atoms with Gasteiger partial charge in [-0.05, 0) is 56.0 Å². The predicted molar refractivity (Wildman–Crippen MR) is 89.5 cm³/mol. The van der Waals surface area contributed by atoms with Crippen molar-refractivity contribution in [3.63, 3.8) is 0 Å². The van der Waals surface area contributed by atoms with Crippen molar-refractivity contribution >= 4 is 35.6 Å². The summed E-state index contributed by atoms with van der Waals surface area (Å²) in [4.78, 5) is 23.7. The Morgan fingerprint density at radius 1 is 1.18 bits per heavy atom. The van der Waals surface area contributed by atoms with Gasteiger partial charge in [0.05, 0.1) is 6.04 Å². The molecule has 0 saturated carbocycles. The molecule has 3 rings (SSSR count). The number of halogens is 1. The summed E-state index contributed by atoms with van der Waals surface area (Å²) in [5.41, 5.74) is 2.77. The van der Waals surface area contributed by atoms with Gasteiger partial charge in [0.15, 0.2) is 0 Å². The second kappa shape index (κ2) is 7.61. The van der Waals surface area contributed by atoms with Crippen molar-refractivity contribution in [3.8, 4) is 0 Å². The fourth-order valence-electron chi connectivity index (χ4n) is 2.96. The smallest absolute Gasteiger partial charge is 0.241 e. The van der Waals surface area contributed by atoms with E-state index < -0.39 is 0 Å². The Kier molecular flexibility index (Phi) is 5.80. The lowest BCUT2D eigenvalue weighted by Gasteiger charge is -2.22. The summed E-state index contributed by atoms with van der Waals surface area (Å²) >= 11 is 0. The third-order valence-corrected chi connectivity index (χ3v) is 4.12. The first-order valence-corrected chi connectivity index (χ1v) is 7.69. The van der Waals surface area contributed by atoms with Crippen molar-refractivity contribution in [2.75, 3.05) is 17.2 Å². The zero-order valence-electron chi connectivity index (χ0n) is 12.5. The number of benzene rings is 1. The van der Waals surface area contributed by atoms with E-state index in [9.17, 15) is 9.59 Å². The average molecular weight is 324 g/mol. The second-order valence-electron chi connectivity index (χ2n) is 5.77. The van der Waals surface area contributed by atoms with Crippen LogP contribution in [0.1, 0.15) is 37.7 Å². The van der Waals surface area contributed by atoms with E-state index in [0.717, 1.165) is 55.6 Å². The van der Waals surface area contributed by atoms with E-state index in [-0.39, 0.29) is 30.3 Å². The van der Waals surface area contributed by atoms with Crippen LogP contribution in [0.25, 0.3) is 0 Å². The van der Waals surface area contributed by atoms with Crippen LogP contribution < -0.4 is 16.0 Å². The lowest BCUT2D eigenvalue weighted by Crippen LogP contribution is -2.43. The highest BCUT2D eigenvalue weighted by atomic mass is 35.5. The van der Waals surface area contributed by atoms with Gasteiger partial charge in [-0.1, -0.05) is 6.42 Å². The SMILES string of the molecule is Cl.O=C1CCCc2cc(NC(=O)C3CCCCN3)ccc2N1. The summed E-state index contributed by atoms with van der Waals surface area (Å²) in [6.07, 6.45) is 5.40. The quantitative estimate of drug-likeness (QED) is 0.783. The van der Waals surface area contributed by atoms with Gasteiger partial charge in [-0.15, -0.1) is 12.4 Å². The number of hydrogen-bond acceptors (Lipinski definition) is 3. The topological polar surface area (TPSA) is 70.2 Å². The molecular formula is C16H22ClN3O2. The molecule has 2 amide bonds. The number of aryl methyl sites for hydroxylation is 1. The first-order valence-electron chi connectivity index (χ1n) is 7.69. The Hall–Kier alpha value is -1.59. The number of rotatable bonds is 2.